The summed E-state index contributed by atoms with van der Waals surface area (Å²) in [5, 5.41) is 2.47. The number of rotatable bonds is 4. The van der Waals surface area contributed by atoms with Crippen molar-refractivity contribution in [3.05, 3.63) is 35.4 Å². The van der Waals surface area contributed by atoms with Crippen LogP contribution in [0.1, 0.15) is 63.0 Å². The molecule has 0 bridgehead atoms. The fourth-order valence-electron chi connectivity index (χ4n) is 3.29. The SMILES string of the molecule is CC1CCCC(C)N1NCc1cccc(C2CC2)c1. The van der Waals surface area contributed by atoms with E-state index >= 15 is 0 Å². The third-order valence-electron chi connectivity index (χ3n) is 4.66. The van der Waals surface area contributed by atoms with Gasteiger partial charge in [-0.3, -0.25) is 5.43 Å². The van der Waals surface area contributed by atoms with E-state index in [1.165, 1.54) is 37.7 Å². The standard InChI is InChI=1S/C17H26N2/c1-13-5-3-6-14(2)19(13)18-12-15-7-4-8-17(11-15)16-9-10-16/h4,7-8,11,13-14,16,18H,3,5-6,9-10,12H2,1-2H3. The summed E-state index contributed by atoms with van der Waals surface area (Å²) in [6.07, 6.45) is 6.78. The normalized spacial score (nSPS) is 28.5. The molecule has 2 fully saturated rings. The molecule has 0 aromatic heterocycles. The Labute approximate surface area is 117 Å². The van der Waals surface area contributed by atoms with Crippen LogP contribution in [-0.2, 0) is 6.54 Å². The second-order valence-corrected chi connectivity index (χ2v) is 6.39. The zero-order valence-electron chi connectivity index (χ0n) is 12.2. The zero-order valence-corrected chi connectivity index (χ0v) is 12.2. The van der Waals surface area contributed by atoms with E-state index in [4.69, 9.17) is 0 Å². The number of nitrogens with one attached hydrogen (secondary N) is 1. The molecule has 1 saturated carbocycles. The molecule has 104 valence electrons. The average Bonchev–Trinajstić information content (AvgIpc) is 3.23. The van der Waals surface area contributed by atoms with E-state index in [1.807, 2.05) is 0 Å². The van der Waals surface area contributed by atoms with E-state index in [1.54, 1.807) is 5.56 Å². The minimum atomic E-state index is 0.662. The van der Waals surface area contributed by atoms with Gasteiger partial charge in [0.2, 0.25) is 0 Å². The smallest absolute Gasteiger partial charge is 0.0353 e. The molecule has 1 heterocycles. The van der Waals surface area contributed by atoms with E-state index < -0.39 is 0 Å². The van der Waals surface area contributed by atoms with Crippen molar-refractivity contribution in [2.24, 2.45) is 0 Å². The van der Waals surface area contributed by atoms with Crippen molar-refractivity contribution in [2.75, 3.05) is 0 Å². The van der Waals surface area contributed by atoms with Crippen molar-refractivity contribution in [1.29, 1.82) is 0 Å². The largest absolute Gasteiger partial charge is 0.250 e. The maximum Gasteiger partial charge on any atom is 0.0353 e. The summed E-state index contributed by atoms with van der Waals surface area (Å²) >= 11 is 0. The number of hydrogen-bond donors (Lipinski definition) is 1. The molecule has 1 aromatic carbocycles. The van der Waals surface area contributed by atoms with Crippen molar-refractivity contribution in [3.63, 3.8) is 0 Å². The van der Waals surface area contributed by atoms with Gasteiger partial charge in [0.1, 0.15) is 0 Å². The van der Waals surface area contributed by atoms with Crippen LogP contribution in [0.15, 0.2) is 24.3 Å². The highest BCUT2D eigenvalue weighted by atomic mass is 15.5. The van der Waals surface area contributed by atoms with Crippen molar-refractivity contribution in [2.45, 2.75) is 70.5 Å². The van der Waals surface area contributed by atoms with Crippen LogP contribution in [0, 0.1) is 0 Å². The molecule has 1 aromatic rings. The maximum absolute atomic E-state index is 3.66. The molecule has 2 aliphatic rings. The Morgan fingerprint density at radius 2 is 1.84 bits per heavy atom. The van der Waals surface area contributed by atoms with E-state index in [-0.39, 0.29) is 0 Å². The molecular formula is C17H26N2. The molecular weight excluding hydrogens is 232 g/mol. The lowest BCUT2D eigenvalue weighted by Gasteiger charge is -2.39. The van der Waals surface area contributed by atoms with Gasteiger partial charge in [0, 0.05) is 18.6 Å². The van der Waals surface area contributed by atoms with Gasteiger partial charge >= 0.3 is 0 Å². The van der Waals surface area contributed by atoms with Gasteiger partial charge in [-0.05, 0) is 56.6 Å². The first-order chi connectivity index (χ1) is 9.24. The Morgan fingerprint density at radius 1 is 1.11 bits per heavy atom. The molecule has 1 aliphatic carbocycles. The van der Waals surface area contributed by atoms with Crippen LogP contribution in [0.2, 0.25) is 0 Å². The molecule has 1 aliphatic heterocycles. The minimum Gasteiger partial charge on any atom is -0.250 e. The van der Waals surface area contributed by atoms with Crippen LogP contribution in [-0.4, -0.2) is 17.1 Å². The number of nitrogens with zero attached hydrogens (tertiary/aromatic N) is 1. The number of hydrazine groups is 1. The summed E-state index contributed by atoms with van der Waals surface area (Å²) in [5.41, 5.74) is 6.62. The minimum absolute atomic E-state index is 0.662. The van der Waals surface area contributed by atoms with Gasteiger partial charge in [-0.2, -0.15) is 0 Å². The average molecular weight is 258 g/mol. The third kappa shape index (κ3) is 3.18. The van der Waals surface area contributed by atoms with E-state index in [0.29, 0.717) is 12.1 Å². The van der Waals surface area contributed by atoms with E-state index in [2.05, 4.69) is 48.5 Å². The molecule has 0 amide bonds. The Bertz CT molecular complexity index is 415. The fraction of sp³-hybridized carbons (Fsp3) is 0.647. The van der Waals surface area contributed by atoms with Crippen LogP contribution >= 0.6 is 0 Å². The summed E-state index contributed by atoms with van der Waals surface area (Å²) in [6, 6.07) is 10.5. The fourth-order valence-corrected chi connectivity index (χ4v) is 3.29. The Morgan fingerprint density at radius 3 is 2.53 bits per heavy atom. The van der Waals surface area contributed by atoms with Crippen LogP contribution in [0.3, 0.4) is 0 Å². The van der Waals surface area contributed by atoms with Crippen molar-refractivity contribution < 1.29 is 0 Å². The van der Waals surface area contributed by atoms with Gasteiger partial charge in [-0.25, -0.2) is 5.01 Å². The highest BCUT2D eigenvalue weighted by Gasteiger charge is 2.25. The first-order valence-corrected chi connectivity index (χ1v) is 7.84. The van der Waals surface area contributed by atoms with Gasteiger partial charge in [0.15, 0.2) is 0 Å². The summed E-state index contributed by atoms with van der Waals surface area (Å²) < 4.78 is 0. The van der Waals surface area contributed by atoms with Crippen LogP contribution < -0.4 is 5.43 Å². The molecule has 0 radical (unpaired) electrons. The topological polar surface area (TPSA) is 15.3 Å². The van der Waals surface area contributed by atoms with E-state index in [9.17, 15) is 0 Å². The predicted octanol–water partition coefficient (Wildman–Crippen LogP) is 3.83. The highest BCUT2D eigenvalue weighted by molar-refractivity contribution is 5.29. The van der Waals surface area contributed by atoms with Crippen LogP contribution in [0.25, 0.3) is 0 Å². The Kier molecular flexibility index (Phi) is 3.90. The first-order valence-electron chi connectivity index (χ1n) is 7.84. The molecule has 1 N–H and O–H groups in total. The maximum atomic E-state index is 3.66. The summed E-state index contributed by atoms with van der Waals surface area (Å²) in [7, 11) is 0. The van der Waals surface area contributed by atoms with Gasteiger partial charge < -0.3 is 0 Å². The lowest BCUT2D eigenvalue weighted by atomic mass is 10.00. The molecule has 2 unspecified atom stereocenters. The van der Waals surface area contributed by atoms with Crippen molar-refractivity contribution in [3.8, 4) is 0 Å². The third-order valence-corrected chi connectivity index (χ3v) is 4.66. The lowest BCUT2D eigenvalue weighted by Crippen LogP contribution is -2.51. The molecule has 2 nitrogen and oxygen atoms in total. The van der Waals surface area contributed by atoms with Gasteiger partial charge in [-0.15, -0.1) is 0 Å². The Hall–Kier alpha value is -0.860. The van der Waals surface area contributed by atoms with Crippen molar-refractivity contribution >= 4 is 0 Å². The number of benzene rings is 1. The van der Waals surface area contributed by atoms with Gasteiger partial charge in [0.05, 0.1) is 0 Å². The summed E-state index contributed by atoms with van der Waals surface area (Å²) in [5.74, 6) is 0.854. The molecule has 19 heavy (non-hydrogen) atoms. The number of piperidine rings is 1. The molecule has 2 heteroatoms. The predicted molar refractivity (Wildman–Crippen MR) is 79.9 cm³/mol. The quantitative estimate of drug-likeness (QED) is 0.883. The number of hydrogen-bond acceptors (Lipinski definition) is 2. The molecule has 3 rings (SSSR count). The molecule has 2 atom stereocenters. The van der Waals surface area contributed by atoms with E-state index in [0.717, 1.165) is 12.5 Å². The molecule has 1 saturated heterocycles. The summed E-state index contributed by atoms with van der Waals surface area (Å²) in [4.78, 5) is 0. The van der Waals surface area contributed by atoms with Crippen molar-refractivity contribution in [1.82, 2.24) is 10.4 Å². The highest BCUT2D eigenvalue weighted by Crippen LogP contribution is 2.40. The summed E-state index contributed by atoms with van der Waals surface area (Å²) in [6.45, 7) is 5.64. The van der Waals surface area contributed by atoms with Crippen LogP contribution in [0.5, 0.6) is 0 Å². The monoisotopic (exact) mass is 258 g/mol. The Balaban J connectivity index is 1.60. The second kappa shape index (κ2) is 5.64. The first kappa shape index (κ1) is 13.1. The molecule has 0 spiro atoms. The second-order valence-electron chi connectivity index (χ2n) is 6.39. The van der Waals surface area contributed by atoms with Gasteiger partial charge in [0.25, 0.3) is 0 Å². The van der Waals surface area contributed by atoms with Crippen LogP contribution in [0.4, 0.5) is 0 Å². The lowest BCUT2D eigenvalue weighted by molar-refractivity contribution is 0.0435. The zero-order chi connectivity index (χ0) is 13.2. The van der Waals surface area contributed by atoms with Gasteiger partial charge in [-0.1, -0.05) is 30.7 Å².